The molecule has 0 radical (unpaired) electrons. The second-order valence-corrected chi connectivity index (χ2v) is 8.48. The molecule has 1 aliphatic carbocycles. The van der Waals surface area contributed by atoms with Gasteiger partial charge in [0.05, 0.1) is 10.5 Å². The highest BCUT2D eigenvalue weighted by Gasteiger charge is 2.49. The van der Waals surface area contributed by atoms with Crippen LogP contribution in [-0.4, -0.2) is 29.5 Å². The molecule has 30 heavy (non-hydrogen) atoms. The van der Waals surface area contributed by atoms with E-state index in [1.165, 1.54) is 0 Å². The van der Waals surface area contributed by atoms with Crippen LogP contribution in [-0.2, 0) is 22.4 Å². The SMILES string of the molecule is N#CC(F)S(=O)(=O)c1cn(-c2ccc(F)c(C(F)(F)F)c2)c2c1[C@H](O)C(F)(F)CC2. The number of halogens is 7. The van der Waals surface area contributed by atoms with Gasteiger partial charge < -0.3 is 9.67 Å². The van der Waals surface area contributed by atoms with Crippen molar-refractivity contribution in [2.24, 2.45) is 0 Å². The van der Waals surface area contributed by atoms with Crippen molar-refractivity contribution >= 4 is 9.84 Å². The molecule has 2 aromatic rings. The second-order valence-electron chi connectivity index (χ2n) is 6.54. The predicted molar refractivity (Wildman–Crippen MR) is 86.7 cm³/mol. The summed E-state index contributed by atoms with van der Waals surface area (Å²) in [5, 5.41) is 18.6. The van der Waals surface area contributed by atoms with Gasteiger partial charge in [0.1, 0.15) is 18.0 Å². The highest BCUT2D eigenvalue weighted by Crippen LogP contribution is 2.46. The molecule has 1 heterocycles. The van der Waals surface area contributed by atoms with Gasteiger partial charge in [-0.3, -0.25) is 0 Å². The minimum Gasteiger partial charge on any atom is -0.382 e. The second kappa shape index (κ2) is 6.98. The zero-order valence-electron chi connectivity index (χ0n) is 14.6. The van der Waals surface area contributed by atoms with E-state index in [4.69, 9.17) is 5.26 Å². The summed E-state index contributed by atoms with van der Waals surface area (Å²) in [6.45, 7) is 0. The van der Waals surface area contributed by atoms with Crippen LogP contribution in [0.3, 0.4) is 0 Å². The van der Waals surface area contributed by atoms with Gasteiger partial charge in [0, 0.05) is 29.6 Å². The number of aliphatic hydroxyl groups is 1. The van der Waals surface area contributed by atoms with E-state index in [-0.39, 0.29) is 5.69 Å². The number of hydrogen-bond donors (Lipinski definition) is 1. The number of aromatic nitrogens is 1. The first-order chi connectivity index (χ1) is 13.7. The number of benzene rings is 1. The number of nitrogens with zero attached hydrogens (tertiary/aromatic N) is 2. The van der Waals surface area contributed by atoms with Gasteiger partial charge in [-0.25, -0.2) is 26.0 Å². The lowest BCUT2D eigenvalue weighted by atomic mass is 9.91. The van der Waals surface area contributed by atoms with E-state index in [9.17, 15) is 44.3 Å². The number of sulfone groups is 1. The van der Waals surface area contributed by atoms with Gasteiger partial charge in [0.15, 0.2) is 0 Å². The van der Waals surface area contributed by atoms with Crippen LogP contribution in [0.5, 0.6) is 0 Å². The molecule has 162 valence electrons. The van der Waals surface area contributed by atoms with Crippen LogP contribution >= 0.6 is 0 Å². The average Bonchev–Trinajstić information content (AvgIpc) is 3.04. The third kappa shape index (κ3) is 3.43. The van der Waals surface area contributed by atoms with Gasteiger partial charge in [-0.15, -0.1) is 0 Å². The van der Waals surface area contributed by atoms with Crippen LogP contribution < -0.4 is 0 Å². The molecule has 1 N–H and O–H groups in total. The molecule has 1 aromatic carbocycles. The summed E-state index contributed by atoms with van der Waals surface area (Å²) in [6.07, 6.45) is -8.84. The normalized spacial score (nSPS) is 19.8. The molecule has 1 unspecified atom stereocenters. The van der Waals surface area contributed by atoms with E-state index >= 15 is 0 Å². The first kappa shape index (κ1) is 22.1. The number of rotatable bonds is 3. The Morgan fingerprint density at radius 3 is 2.50 bits per heavy atom. The van der Waals surface area contributed by atoms with Crippen LogP contribution in [0.15, 0.2) is 29.3 Å². The quantitative estimate of drug-likeness (QED) is 0.712. The number of alkyl halides is 6. The number of aliphatic hydroxyl groups excluding tert-OH is 1. The molecule has 0 fully saturated rings. The first-order valence-corrected chi connectivity index (χ1v) is 9.71. The third-order valence-electron chi connectivity index (χ3n) is 4.70. The Bertz CT molecular complexity index is 1150. The van der Waals surface area contributed by atoms with Crippen LogP contribution in [0.25, 0.3) is 5.69 Å². The van der Waals surface area contributed by atoms with Crippen molar-refractivity contribution in [2.75, 3.05) is 0 Å². The molecular weight excluding hydrogens is 445 g/mol. The minimum absolute atomic E-state index is 0.322. The summed E-state index contributed by atoms with van der Waals surface area (Å²) >= 11 is 0. The average molecular weight is 456 g/mol. The molecule has 2 atom stereocenters. The summed E-state index contributed by atoms with van der Waals surface area (Å²) < 4.78 is 120. The lowest BCUT2D eigenvalue weighted by Gasteiger charge is -2.29. The summed E-state index contributed by atoms with van der Waals surface area (Å²) in [6, 6.07) is 2.40. The highest BCUT2D eigenvalue weighted by molar-refractivity contribution is 7.92. The monoisotopic (exact) mass is 456 g/mol. The third-order valence-corrected chi connectivity index (χ3v) is 6.28. The van der Waals surface area contributed by atoms with E-state index in [0.717, 1.165) is 16.7 Å². The fraction of sp³-hybridized carbons (Fsp3) is 0.353. The van der Waals surface area contributed by atoms with Crippen LogP contribution in [0, 0.1) is 17.1 Å². The first-order valence-electron chi connectivity index (χ1n) is 8.16. The van der Waals surface area contributed by atoms with E-state index < -0.39 is 73.9 Å². The maximum absolute atomic E-state index is 14.0. The lowest BCUT2D eigenvalue weighted by molar-refractivity contribution is -0.140. The maximum atomic E-state index is 14.0. The Morgan fingerprint density at radius 1 is 1.30 bits per heavy atom. The molecule has 0 aliphatic heterocycles. The van der Waals surface area contributed by atoms with E-state index in [0.29, 0.717) is 18.3 Å². The molecule has 5 nitrogen and oxygen atoms in total. The van der Waals surface area contributed by atoms with Gasteiger partial charge >= 0.3 is 6.18 Å². The molecule has 0 spiro atoms. The molecule has 0 amide bonds. The molecule has 0 bridgehead atoms. The van der Waals surface area contributed by atoms with Crippen LogP contribution in [0.2, 0.25) is 0 Å². The van der Waals surface area contributed by atoms with Gasteiger partial charge in [0.25, 0.3) is 11.4 Å². The van der Waals surface area contributed by atoms with Crippen molar-refractivity contribution in [1.82, 2.24) is 4.57 Å². The zero-order chi connectivity index (χ0) is 22.6. The molecule has 1 aromatic heterocycles. The van der Waals surface area contributed by atoms with Crippen molar-refractivity contribution in [3.8, 4) is 11.8 Å². The maximum Gasteiger partial charge on any atom is 0.419 e. The Balaban J connectivity index is 2.32. The van der Waals surface area contributed by atoms with Crippen molar-refractivity contribution < 1.29 is 44.3 Å². The molecule has 3 rings (SSSR count). The fourth-order valence-corrected chi connectivity index (χ4v) is 4.39. The van der Waals surface area contributed by atoms with Gasteiger partial charge in [0.2, 0.25) is 9.84 Å². The van der Waals surface area contributed by atoms with Crippen molar-refractivity contribution in [3.63, 3.8) is 0 Å². The zero-order valence-corrected chi connectivity index (χ0v) is 15.4. The van der Waals surface area contributed by atoms with Crippen molar-refractivity contribution in [1.29, 1.82) is 5.26 Å². The van der Waals surface area contributed by atoms with E-state index in [1.807, 2.05) is 0 Å². The summed E-state index contributed by atoms with van der Waals surface area (Å²) in [4.78, 5) is -1.16. The Kier molecular flexibility index (Phi) is 5.15. The largest absolute Gasteiger partial charge is 0.419 e. The van der Waals surface area contributed by atoms with Crippen molar-refractivity contribution in [2.45, 2.75) is 41.4 Å². The summed E-state index contributed by atoms with van der Waals surface area (Å²) in [5.41, 5.74) is -6.56. The summed E-state index contributed by atoms with van der Waals surface area (Å²) in [7, 11) is -5.19. The van der Waals surface area contributed by atoms with Crippen LogP contribution in [0.4, 0.5) is 30.7 Å². The van der Waals surface area contributed by atoms with Gasteiger partial charge in [-0.05, 0) is 24.6 Å². The van der Waals surface area contributed by atoms with E-state index in [1.54, 1.807) is 0 Å². The number of fused-ring (bicyclic) bond motifs is 1. The smallest absolute Gasteiger partial charge is 0.382 e. The Hall–Kier alpha value is -2.59. The molecule has 0 saturated carbocycles. The number of nitriles is 1. The van der Waals surface area contributed by atoms with Gasteiger partial charge in [-0.2, -0.15) is 18.4 Å². The fourth-order valence-electron chi connectivity index (χ4n) is 3.24. The molecule has 0 saturated heterocycles. The van der Waals surface area contributed by atoms with E-state index in [2.05, 4.69) is 0 Å². The topological polar surface area (TPSA) is 83.1 Å². The minimum atomic E-state index is -5.19. The Morgan fingerprint density at radius 2 is 1.93 bits per heavy atom. The molecular formula is C17H11F7N2O3S. The van der Waals surface area contributed by atoms with Crippen LogP contribution in [0.1, 0.15) is 29.3 Å². The lowest BCUT2D eigenvalue weighted by Crippen LogP contribution is -2.33. The molecule has 1 aliphatic rings. The molecule has 13 heteroatoms. The predicted octanol–water partition coefficient (Wildman–Crippen LogP) is 3.84. The highest BCUT2D eigenvalue weighted by atomic mass is 32.2. The Labute approximate surface area is 164 Å². The van der Waals surface area contributed by atoms with Gasteiger partial charge in [-0.1, -0.05) is 0 Å². The van der Waals surface area contributed by atoms with Crippen molar-refractivity contribution in [3.05, 3.63) is 47.0 Å². The summed E-state index contributed by atoms with van der Waals surface area (Å²) in [5.74, 6) is -5.43. The standard InChI is InChI=1S/C17H11F7N2O3S/c18-10-2-1-8(5-9(10)17(22,23)24)26-7-12(30(28,29)13(19)6-25)14-11(26)3-4-16(20,21)15(14)27/h1-2,5,7,13,15,27H,3-4H2/t13?,15-/m0/s1. The number of hydrogen-bond acceptors (Lipinski definition) is 4.